The first kappa shape index (κ1) is 21.6. The molecule has 2 amide bonds. The lowest BCUT2D eigenvalue weighted by molar-refractivity contribution is -0.384. The molecule has 164 valence electrons. The third-order valence-electron chi connectivity index (χ3n) is 5.20. The summed E-state index contributed by atoms with van der Waals surface area (Å²) in [7, 11) is 0. The number of amides is 2. The second-order valence-electron chi connectivity index (χ2n) is 7.33. The number of urea groups is 1. The van der Waals surface area contributed by atoms with Crippen LogP contribution < -0.4 is 10.2 Å². The first-order valence-corrected chi connectivity index (χ1v) is 11.3. The third kappa shape index (κ3) is 5.55. The fourth-order valence-corrected chi connectivity index (χ4v) is 4.29. The number of benzene rings is 2. The summed E-state index contributed by atoms with van der Waals surface area (Å²) in [6.45, 7) is 2.51. The SMILES string of the molecule is O=C(Nc1cccc(CSc2ccccn2)c1)N1CCN(c2ccc([N+](=O)[O-])cc2)CC1. The van der Waals surface area contributed by atoms with Gasteiger partial charge in [0.2, 0.25) is 0 Å². The summed E-state index contributed by atoms with van der Waals surface area (Å²) in [6.07, 6.45) is 1.78. The molecule has 1 saturated heterocycles. The highest BCUT2D eigenvalue weighted by Crippen LogP contribution is 2.23. The van der Waals surface area contributed by atoms with E-state index in [1.807, 2.05) is 42.5 Å². The number of piperazine rings is 1. The van der Waals surface area contributed by atoms with Gasteiger partial charge in [0.05, 0.1) is 9.95 Å². The van der Waals surface area contributed by atoms with Crippen molar-refractivity contribution in [3.8, 4) is 0 Å². The Morgan fingerprint density at radius 2 is 1.81 bits per heavy atom. The maximum Gasteiger partial charge on any atom is 0.321 e. The summed E-state index contributed by atoms with van der Waals surface area (Å²) in [6, 6.07) is 20.1. The van der Waals surface area contributed by atoms with Gasteiger partial charge in [0.1, 0.15) is 0 Å². The molecule has 3 aromatic rings. The molecule has 0 radical (unpaired) electrons. The van der Waals surface area contributed by atoms with Crippen molar-refractivity contribution in [3.05, 3.63) is 88.6 Å². The molecule has 8 nitrogen and oxygen atoms in total. The van der Waals surface area contributed by atoms with E-state index in [-0.39, 0.29) is 11.7 Å². The summed E-state index contributed by atoms with van der Waals surface area (Å²) in [5.74, 6) is 0.772. The normalized spacial score (nSPS) is 13.6. The zero-order valence-corrected chi connectivity index (χ0v) is 18.2. The number of thioether (sulfide) groups is 1. The van der Waals surface area contributed by atoms with E-state index in [1.54, 1.807) is 35.0 Å². The minimum absolute atomic E-state index is 0.0763. The standard InChI is InChI=1S/C23H23N5O3S/c29-23(25-19-5-3-4-18(16-19)17-32-22-6-1-2-11-24-22)27-14-12-26(13-15-27)20-7-9-21(10-8-20)28(30)31/h1-11,16H,12-15,17H2,(H,25,29). The van der Waals surface area contributed by atoms with Crippen molar-refractivity contribution in [3.63, 3.8) is 0 Å². The van der Waals surface area contributed by atoms with Gasteiger partial charge in [0.25, 0.3) is 5.69 Å². The number of non-ortho nitro benzene ring substituents is 1. The highest BCUT2D eigenvalue weighted by molar-refractivity contribution is 7.98. The second-order valence-corrected chi connectivity index (χ2v) is 8.33. The summed E-state index contributed by atoms with van der Waals surface area (Å²) >= 11 is 1.65. The molecular formula is C23H23N5O3S. The Balaban J connectivity index is 1.29. The molecular weight excluding hydrogens is 426 g/mol. The molecule has 0 spiro atoms. The van der Waals surface area contributed by atoms with Crippen LogP contribution >= 0.6 is 11.8 Å². The number of anilines is 2. The van der Waals surface area contributed by atoms with Gasteiger partial charge < -0.3 is 15.1 Å². The Kier molecular flexibility index (Phi) is 6.86. The second kappa shape index (κ2) is 10.1. The summed E-state index contributed by atoms with van der Waals surface area (Å²) in [5, 5.41) is 14.8. The molecule has 1 aliphatic rings. The van der Waals surface area contributed by atoms with E-state index < -0.39 is 4.92 Å². The average Bonchev–Trinajstić information content (AvgIpc) is 2.84. The molecule has 0 atom stereocenters. The largest absolute Gasteiger partial charge is 0.368 e. The quantitative estimate of drug-likeness (QED) is 0.335. The third-order valence-corrected chi connectivity index (χ3v) is 6.21. The number of nitrogens with one attached hydrogen (secondary N) is 1. The number of carbonyl (C=O) groups excluding carboxylic acids is 1. The van der Waals surface area contributed by atoms with Crippen LogP contribution in [0.4, 0.5) is 21.9 Å². The summed E-state index contributed by atoms with van der Waals surface area (Å²) < 4.78 is 0. The number of rotatable bonds is 6. The van der Waals surface area contributed by atoms with Crippen LogP contribution in [0.1, 0.15) is 5.56 Å². The molecule has 2 aromatic carbocycles. The molecule has 32 heavy (non-hydrogen) atoms. The predicted molar refractivity (Wildman–Crippen MR) is 126 cm³/mol. The number of nitro benzene ring substituents is 1. The molecule has 4 rings (SSSR count). The van der Waals surface area contributed by atoms with Gasteiger partial charge in [-0.05, 0) is 42.0 Å². The van der Waals surface area contributed by atoms with Gasteiger partial charge in [0, 0.05) is 61.6 Å². The van der Waals surface area contributed by atoms with E-state index in [1.165, 1.54) is 12.1 Å². The maximum atomic E-state index is 12.7. The molecule has 1 aliphatic heterocycles. The van der Waals surface area contributed by atoms with Crippen molar-refractivity contribution in [2.45, 2.75) is 10.8 Å². The first-order chi connectivity index (χ1) is 15.6. The maximum absolute atomic E-state index is 12.7. The fourth-order valence-electron chi connectivity index (χ4n) is 3.48. The number of hydrogen-bond acceptors (Lipinski definition) is 6. The van der Waals surface area contributed by atoms with Crippen LogP contribution in [0.15, 0.2) is 78.0 Å². The van der Waals surface area contributed by atoms with Crippen LogP contribution in [0.5, 0.6) is 0 Å². The van der Waals surface area contributed by atoms with Crippen LogP contribution in [0.25, 0.3) is 0 Å². The van der Waals surface area contributed by atoms with Crippen LogP contribution in [-0.2, 0) is 5.75 Å². The lowest BCUT2D eigenvalue weighted by Crippen LogP contribution is -2.50. The predicted octanol–water partition coefficient (Wildman–Crippen LogP) is 4.64. The van der Waals surface area contributed by atoms with E-state index in [4.69, 9.17) is 0 Å². The number of aromatic nitrogens is 1. The molecule has 0 aliphatic carbocycles. The molecule has 1 N–H and O–H groups in total. The minimum atomic E-state index is -0.404. The van der Waals surface area contributed by atoms with Crippen molar-refractivity contribution < 1.29 is 9.72 Å². The van der Waals surface area contributed by atoms with Crippen molar-refractivity contribution in [1.82, 2.24) is 9.88 Å². The van der Waals surface area contributed by atoms with E-state index in [0.717, 1.165) is 27.7 Å². The summed E-state index contributed by atoms with van der Waals surface area (Å²) in [4.78, 5) is 31.4. The van der Waals surface area contributed by atoms with Gasteiger partial charge in [-0.3, -0.25) is 10.1 Å². The Morgan fingerprint density at radius 3 is 2.50 bits per heavy atom. The smallest absolute Gasteiger partial charge is 0.321 e. The zero-order chi connectivity index (χ0) is 22.3. The van der Waals surface area contributed by atoms with Crippen molar-refractivity contribution in [2.24, 2.45) is 0 Å². The van der Waals surface area contributed by atoms with Gasteiger partial charge >= 0.3 is 6.03 Å². The van der Waals surface area contributed by atoms with Crippen LogP contribution in [0.2, 0.25) is 0 Å². The molecule has 1 aromatic heterocycles. The number of carbonyl (C=O) groups is 1. The molecule has 1 fully saturated rings. The number of pyridine rings is 1. The van der Waals surface area contributed by atoms with Crippen LogP contribution in [0, 0.1) is 10.1 Å². The number of hydrogen-bond donors (Lipinski definition) is 1. The van der Waals surface area contributed by atoms with E-state index in [0.29, 0.717) is 26.2 Å². The Bertz CT molecular complexity index is 1070. The van der Waals surface area contributed by atoms with Gasteiger partial charge in [-0.2, -0.15) is 0 Å². The molecule has 2 heterocycles. The van der Waals surface area contributed by atoms with Gasteiger partial charge in [-0.1, -0.05) is 18.2 Å². The van der Waals surface area contributed by atoms with Gasteiger partial charge in [-0.15, -0.1) is 11.8 Å². The van der Waals surface area contributed by atoms with Crippen molar-refractivity contribution >= 4 is 34.9 Å². The number of nitrogens with zero attached hydrogens (tertiary/aromatic N) is 4. The molecule has 0 saturated carbocycles. The number of nitro groups is 1. The average molecular weight is 450 g/mol. The minimum Gasteiger partial charge on any atom is -0.368 e. The molecule has 0 bridgehead atoms. The monoisotopic (exact) mass is 449 g/mol. The van der Waals surface area contributed by atoms with Crippen molar-refractivity contribution in [2.75, 3.05) is 36.4 Å². The Morgan fingerprint density at radius 1 is 1.03 bits per heavy atom. The summed E-state index contributed by atoms with van der Waals surface area (Å²) in [5.41, 5.74) is 2.88. The van der Waals surface area contributed by atoms with E-state index >= 15 is 0 Å². The lowest BCUT2D eigenvalue weighted by Gasteiger charge is -2.36. The highest BCUT2D eigenvalue weighted by Gasteiger charge is 2.22. The Labute approximate surface area is 190 Å². The lowest BCUT2D eigenvalue weighted by atomic mass is 10.2. The molecule has 0 unspecified atom stereocenters. The van der Waals surface area contributed by atoms with E-state index in [9.17, 15) is 14.9 Å². The zero-order valence-electron chi connectivity index (χ0n) is 17.4. The Hall–Kier alpha value is -3.59. The van der Waals surface area contributed by atoms with Gasteiger partial charge in [-0.25, -0.2) is 9.78 Å². The fraction of sp³-hybridized carbons (Fsp3) is 0.217. The van der Waals surface area contributed by atoms with Gasteiger partial charge in [0.15, 0.2) is 0 Å². The van der Waals surface area contributed by atoms with Crippen LogP contribution in [0.3, 0.4) is 0 Å². The topological polar surface area (TPSA) is 91.6 Å². The first-order valence-electron chi connectivity index (χ1n) is 10.3. The molecule has 9 heteroatoms. The van der Waals surface area contributed by atoms with E-state index in [2.05, 4.69) is 15.2 Å². The van der Waals surface area contributed by atoms with Crippen LogP contribution in [-0.4, -0.2) is 47.0 Å². The highest BCUT2D eigenvalue weighted by atomic mass is 32.2. The van der Waals surface area contributed by atoms with Crippen molar-refractivity contribution in [1.29, 1.82) is 0 Å².